The zero-order valence-corrected chi connectivity index (χ0v) is 22.3. The van der Waals surface area contributed by atoms with Crippen molar-refractivity contribution in [1.29, 1.82) is 0 Å². The van der Waals surface area contributed by atoms with Gasteiger partial charge in [0.15, 0.2) is 5.78 Å². The summed E-state index contributed by atoms with van der Waals surface area (Å²) in [4.78, 5) is 67.1. The van der Waals surface area contributed by atoms with Crippen LogP contribution in [0.5, 0.6) is 5.75 Å². The number of benzene rings is 2. The minimum absolute atomic E-state index is 0.0281. The Morgan fingerprint density at radius 3 is 2.17 bits per heavy atom. The first-order valence-electron chi connectivity index (χ1n) is 13.3. The molecule has 2 bridgehead atoms. The van der Waals surface area contributed by atoms with Gasteiger partial charge in [0.25, 0.3) is 17.7 Å². The average molecular weight is 571 g/mol. The van der Waals surface area contributed by atoms with Crippen LogP contribution in [0.4, 0.5) is 0 Å². The highest BCUT2D eigenvalue weighted by molar-refractivity contribution is 6.34. The fraction of sp³-hybridized carbons (Fsp3) is 0.258. The summed E-state index contributed by atoms with van der Waals surface area (Å²) >= 11 is 6.32. The van der Waals surface area contributed by atoms with Crippen LogP contribution in [0.3, 0.4) is 0 Å². The Morgan fingerprint density at radius 1 is 0.902 bits per heavy atom. The zero-order valence-electron chi connectivity index (χ0n) is 21.5. The van der Waals surface area contributed by atoms with Crippen molar-refractivity contribution < 1.29 is 33.1 Å². The molecule has 10 heteroatoms. The lowest BCUT2D eigenvalue weighted by molar-refractivity contribution is -0.154. The minimum Gasteiger partial charge on any atom is -0.457 e. The molecule has 0 radical (unpaired) electrons. The largest absolute Gasteiger partial charge is 0.457 e. The maximum Gasteiger partial charge on any atom is 0.379 e. The number of amides is 3. The lowest BCUT2D eigenvalue weighted by atomic mass is 9.63. The predicted octanol–water partition coefficient (Wildman–Crippen LogP) is 4.45. The smallest absolute Gasteiger partial charge is 0.379 e. The predicted molar refractivity (Wildman–Crippen MR) is 143 cm³/mol. The van der Waals surface area contributed by atoms with Crippen LogP contribution in [0.15, 0.2) is 83.5 Å². The van der Waals surface area contributed by atoms with E-state index in [-0.39, 0.29) is 39.5 Å². The minimum atomic E-state index is -0.723. The SMILES string of the molecule is O=C(CN(C(=O)c1ccccc1Cl)N1C(=O)[C@@H]2[C@H]3C=C[C@@H]([C@@H]4C[C@@H]34)[C@H]2C1=O)c1ccc(OC(=O)c2ccco2)cc1. The van der Waals surface area contributed by atoms with E-state index < -0.39 is 47.9 Å². The number of carbonyl (C=O) groups is 5. The normalized spacial score (nSPS) is 26.9. The van der Waals surface area contributed by atoms with Crippen LogP contribution in [-0.4, -0.2) is 46.0 Å². The summed E-state index contributed by atoms with van der Waals surface area (Å²) in [5, 5.41) is 1.95. The first-order chi connectivity index (χ1) is 19.8. The quantitative estimate of drug-likeness (QED) is 0.136. The summed E-state index contributed by atoms with van der Waals surface area (Å²) in [6, 6.07) is 15.1. The molecule has 1 aliphatic heterocycles. The molecule has 3 fully saturated rings. The molecule has 2 saturated carbocycles. The van der Waals surface area contributed by atoms with Gasteiger partial charge in [0.2, 0.25) is 5.76 Å². The first-order valence-corrected chi connectivity index (χ1v) is 13.7. The van der Waals surface area contributed by atoms with Crippen LogP contribution in [0.25, 0.3) is 0 Å². The topological polar surface area (TPSA) is 114 Å². The number of ether oxygens (including phenoxy) is 1. The maximum absolute atomic E-state index is 13.8. The Kier molecular flexibility index (Phi) is 5.93. The Balaban J connectivity index is 1.16. The molecule has 3 aromatic rings. The van der Waals surface area contributed by atoms with Gasteiger partial charge in [-0.3, -0.25) is 19.2 Å². The molecule has 0 unspecified atom stereocenters. The van der Waals surface area contributed by atoms with E-state index in [0.717, 1.165) is 16.4 Å². The van der Waals surface area contributed by atoms with Crippen molar-refractivity contribution in [2.75, 3.05) is 6.54 Å². The fourth-order valence-corrected chi connectivity index (χ4v) is 6.89. The number of nitrogens with zero attached hydrogens (tertiary/aromatic N) is 2. The Labute approximate surface area is 239 Å². The average Bonchev–Trinajstić information content (AvgIpc) is 3.54. The van der Waals surface area contributed by atoms with Crippen molar-refractivity contribution in [2.45, 2.75) is 6.42 Å². The summed E-state index contributed by atoms with van der Waals surface area (Å²) in [6.07, 6.45) is 6.44. The monoisotopic (exact) mass is 570 g/mol. The van der Waals surface area contributed by atoms with Crippen molar-refractivity contribution in [2.24, 2.45) is 35.5 Å². The van der Waals surface area contributed by atoms with Crippen LogP contribution in [-0.2, 0) is 9.59 Å². The summed E-state index contributed by atoms with van der Waals surface area (Å²) in [6.45, 7) is -0.567. The summed E-state index contributed by atoms with van der Waals surface area (Å²) < 4.78 is 10.3. The molecule has 1 saturated heterocycles. The fourth-order valence-electron chi connectivity index (χ4n) is 6.67. The molecule has 6 atom stereocenters. The number of imide groups is 1. The van der Waals surface area contributed by atoms with E-state index in [1.54, 1.807) is 18.2 Å². The number of esters is 1. The van der Waals surface area contributed by atoms with Gasteiger partial charge in [0.1, 0.15) is 12.3 Å². The molecule has 0 spiro atoms. The van der Waals surface area contributed by atoms with Crippen LogP contribution in [0.2, 0.25) is 5.02 Å². The highest BCUT2D eigenvalue weighted by Gasteiger charge is 2.68. The number of rotatable bonds is 7. The third kappa shape index (κ3) is 4.11. The number of carbonyl (C=O) groups excluding carboxylic acids is 5. The van der Waals surface area contributed by atoms with Crippen molar-refractivity contribution in [3.8, 4) is 5.75 Å². The number of halogens is 1. The molecule has 1 aromatic heterocycles. The van der Waals surface area contributed by atoms with Crippen molar-refractivity contribution >= 4 is 41.1 Å². The molecule has 2 heterocycles. The van der Waals surface area contributed by atoms with Crippen LogP contribution in [0, 0.1) is 35.5 Å². The lowest BCUT2D eigenvalue weighted by Crippen LogP contribution is -2.52. The zero-order chi connectivity index (χ0) is 28.4. The van der Waals surface area contributed by atoms with Crippen LogP contribution in [0.1, 0.15) is 37.7 Å². The number of hydrogen-bond acceptors (Lipinski definition) is 7. The molecule has 4 aliphatic carbocycles. The molecule has 3 amide bonds. The van der Waals surface area contributed by atoms with Gasteiger partial charge < -0.3 is 9.15 Å². The second-order valence-electron chi connectivity index (χ2n) is 10.8. The van der Waals surface area contributed by atoms with Gasteiger partial charge in [-0.05, 0) is 78.6 Å². The summed E-state index contributed by atoms with van der Waals surface area (Å²) in [5.74, 6) is -3.04. The molecule has 9 nitrogen and oxygen atoms in total. The Hall–Kier alpha value is -4.50. The molecule has 8 rings (SSSR count). The summed E-state index contributed by atoms with van der Waals surface area (Å²) in [5.41, 5.74) is 0.265. The number of ketones is 1. The van der Waals surface area contributed by atoms with Crippen LogP contribution >= 0.6 is 11.6 Å². The van der Waals surface area contributed by atoms with E-state index >= 15 is 0 Å². The highest BCUT2D eigenvalue weighted by Crippen LogP contribution is 2.65. The summed E-state index contributed by atoms with van der Waals surface area (Å²) in [7, 11) is 0. The van der Waals surface area contributed by atoms with E-state index in [0.29, 0.717) is 11.8 Å². The van der Waals surface area contributed by atoms with E-state index in [1.807, 2.05) is 12.2 Å². The van der Waals surface area contributed by atoms with Gasteiger partial charge >= 0.3 is 5.97 Å². The number of furan rings is 1. The van der Waals surface area contributed by atoms with Crippen molar-refractivity contribution in [1.82, 2.24) is 10.0 Å². The third-order valence-electron chi connectivity index (χ3n) is 8.62. The first kappa shape index (κ1) is 25.5. The van der Waals surface area contributed by atoms with Crippen molar-refractivity contribution in [3.05, 3.63) is 101 Å². The second kappa shape index (κ2) is 9.55. The number of Topliss-reactive ketones (excluding diaryl/α,β-unsaturated/α-hetero) is 1. The van der Waals surface area contributed by atoms with E-state index in [4.69, 9.17) is 20.8 Å². The number of hydrogen-bond donors (Lipinski definition) is 0. The van der Waals surface area contributed by atoms with Gasteiger partial charge in [0.05, 0.1) is 28.7 Å². The molecular weight excluding hydrogens is 548 g/mol. The van der Waals surface area contributed by atoms with Gasteiger partial charge in [-0.25, -0.2) is 9.80 Å². The lowest BCUT2D eigenvalue weighted by Gasteiger charge is -2.37. The Morgan fingerprint density at radius 2 is 1.56 bits per heavy atom. The van der Waals surface area contributed by atoms with E-state index in [9.17, 15) is 24.0 Å². The Bertz CT molecular complexity index is 1590. The molecule has 2 aromatic carbocycles. The maximum atomic E-state index is 13.8. The van der Waals surface area contributed by atoms with E-state index in [1.165, 1.54) is 48.7 Å². The molecule has 41 heavy (non-hydrogen) atoms. The van der Waals surface area contributed by atoms with Gasteiger partial charge in [-0.15, -0.1) is 0 Å². The van der Waals surface area contributed by atoms with Crippen molar-refractivity contribution in [3.63, 3.8) is 0 Å². The van der Waals surface area contributed by atoms with E-state index in [2.05, 4.69) is 0 Å². The highest BCUT2D eigenvalue weighted by atomic mass is 35.5. The molecule has 206 valence electrons. The van der Waals surface area contributed by atoms with Gasteiger partial charge in [-0.1, -0.05) is 35.9 Å². The second-order valence-corrected chi connectivity index (χ2v) is 11.2. The van der Waals surface area contributed by atoms with Gasteiger partial charge in [-0.2, -0.15) is 5.01 Å². The molecule has 0 N–H and O–H groups in total. The van der Waals surface area contributed by atoms with Crippen LogP contribution < -0.4 is 4.74 Å². The molecular formula is C31H23ClN2O7. The number of allylic oxidation sites excluding steroid dienone is 2. The molecule has 5 aliphatic rings. The van der Waals surface area contributed by atoms with Gasteiger partial charge in [0, 0.05) is 5.56 Å². The standard InChI is InChI=1S/C31H23ClN2O7/c32-23-5-2-1-4-20(23)28(36)33(34-29(37)26-18-11-12-19(22-14-21(18)22)27(26)30(34)38)15-24(35)16-7-9-17(10-8-16)41-31(39)25-6-3-13-40-25/h1-13,18-19,21-22,26-27H,14-15H2/t18-,19-,21-,22-,26+,27+/m0/s1. The number of hydrazine groups is 1. The third-order valence-corrected chi connectivity index (χ3v) is 8.95.